The fraction of sp³-hybridized carbons (Fsp3) is 0.512. The van der Waals surface area contributed by atoms with E-state index in [2.05, 4.69) is 54.3 Å². The number of hydrazine groups is 1. The monoisotopic (exact) mass is 788 g/mol. The number of hydrogen-bond acceptors (Lipinski definition) is 11. The van der Waals surface area contributed by atoms with Gasteiger partial charge in [-0.05, 0) is 68.9 Å². The van der Waals surface area contributed by atoms with E-state index < -0.39 is 23.4 Å². The van der Waals surface area contributed by atoms with E-state index in [1.807, 2.05) is 32.9 Å². The zero-order chi connectivity index (χ0) is 40.7. The molecule has 1 fully saturated rings. The lowest BCUT2D eigenvalue weighted by atomic mass is 9.84. The largest absolute Gasteiger partial charge is 0.467 e. The van der Waals surface area contributed by atoms with Crippen molar-refractivity contribution >= 4 is 51.9 Å². The first-order chi connectivity index (χ1) is 26.7. The minimum atomic E-state index is -0.943. The van der Waals surface area contributed by atoms with Crippen molar-refractivity contribution in [1.82, 2.24) is 35.2 Å². The number of ether oxygens (including phenoxy) is 2. The SMILES string of the molecule is CCn1c(-c2cccnc2C(C)OC)c(CC(C)(C)COC=O)c2cc(-c3nc(CC(NC(=O)C(C(C)C)N(C)C=O)C(=O)N4CCCCN4)sc3N)ccc21. The van der Waals surface area contributed by atoms with E-state index in [1.54, 1.807) is 25.4 Å². The van der Waals surface area contributed by atoms with Crippen molar-refractivity contribution in [3.63, 3.8) is 0 Å². The van der Waals surface area contributed by atoms with Gasteiger partial charge < -0.3 is 30.0 Å². The Morgan fingerprint density at radius 3 is 2.59 bits per heavy atom. The van der Waals surface area contributed by atoms with Gasteiger partial charge in [-0.3, -0.25) is 29.2 Å². The number of aromatic nitrogens is 3. The van der Waals surface area contributed by atoms with Crippen LogP contribution >= 0.6 is 11.3 Å². The number of rotatable bonds is 18. The molecule has 1 aromatic carbocycles. The van der Waals surface area contributed by atoms with Gasteiger partial charge in [-0.15, -0.1) is 11.3 Å². The average Bonchev–Trinajstić information content (AvgIpc) is 3.71. The second kappa shape index (κ2) is 18.4. The molecule has 0 bridgehead atoms. The molecule has 1 aliphatic rings. The lowest BCUT2D eigenvalue weighted by Crippen LogP contribution is -2.58. The first-order valence-electron chi connectivity index (χ1n) is 19.2. The first-order valence-corrected chi connectivity index (χ1v) is 20.0. The fourth-order valence-electron chi connectivity index (χ4n) is 7.62. The van der Waals surface area contributed by atoms with E-state index in [4.69, 9.17) is 25.2 Å². The number of aryl methyl sites for hydroxylation is 1. The maximum absolute atomic E-state index is 13.9. The van der Waals surface area contributed by atoms with Crippen molar-refractivity contribution in [2.45, 2.75) is 92.0 Å². The van der Waals surface area contributed by atoms with Crippen LogP contribution in [0.15, 0.2) is 36.5 Å². The Morgan fingerprint density at radius 2 is 1.95 bits per heavy atom. The summed E-state index contributed by atoms with van der Waals surface area (Å²) in [6.45, 7) is 14.5. The van der Waals surface area contributed by atoms with Gasteiger partial charge in [-0.2, -0.15) is 0 Å². The molecule has 5 rings (SSSR count). The number of carbonyl (C=O) groups excluding carboxylic acids is 4. The van der Waals surface area contributed by atoms with E-state index in [0.29, 0.717) is 54.6 Å². The molecule has 56 heavy (non-hydrogen) atoms. The number of nitrogen functional groups attached to an aromatic ring is 1. The minimum Gasteiger partial charge on any atom is -0.467 e. The van der Waals surface area contributed by atoms with Gasteiger partial charge in [0.05, 0.1) is 29.1 Å². The van der Waals surface area contributed by atoms with Crippen molar-refractivity contribution in [2.75, 3.05) is 39.6 Å². The van der Waals surface area contributed by atoms with Crippen LogP contribution in [0.2, 0.25) is 0 Å². The minimum absolute atomic E-state index is 0.115. The average molecular weight is 789 g/mol. The van der Waals surface area contributed by atoms with Crippen LogP contribution in [0.3, 0.4) is 0 Å². The quantitative estimate of drug-likeness (QED) is 0.115. The molecule has 1 saturated heterocycles. The van der Waals surface area contributed by atoms with E-state index in [0.717, 1.165) is 51.8 Å². The molecule has 3 unspecified atom stereocenters. The van der Waals surface area contributed by atoms with Crippen LogP contribution in [0.1, 0.15) is 76.8 Å². The number of fused-ring (bicyclic) bond motifs is 1. The van der Waals surface area contributed by atoms with Gasteiger partial charge in [0.25, 0.3) is 12.4 Å². The molecule has 4 heterocycles. The number of anilines is 1. The maximum Gasteiger partial charge on any atom is 0.293 e. The molecule has 4 N–H and O–H groups in total. The number of benzene rings is 1. The molecule has 0 radical (unpaired) electrons. The molecule has 0 spiro atoms. The van der Waals surface area contributed by atoms with Crippen LogP contribution in [0, 0.1) is 11.3 Å². The summed E-state index contributed by atoms with van der Waals surface area (Å²) in [5, 5.41) is 6.58. The van der Waals surface area contributed by atoms with Gasteiger partial charge >= 0.3 is 0 Å². The Kier molecular flexibility index (Phi) is 13.9. The van der Waals surface area contributed by atoms with Crippen LogP contribution in [0.25, 0.3) is 33.4 Å². The number of carbonyl (C=O) groups is 4. The summed E-state index contributed by atoms with van der Waals surface area (Å²) in [4.78, 5) is 61.5. The van der Waals surface area contributed by atoms with Gasteiger partial charge in [-0.1, -0.05) is 33.8 Å². The first kappa shape index (κ1) is 42.3. The van der Waals surface area contributed by atoms with Gasteiger partial charge in [0.15, 0.2) is 0 Å². The fourth-order valence-corrected chi connectivity index (χ4v) is 8.52. The maximum atomic E-state index is 13.9. The Balaban J connectivity index is 1.59. The molecule has 0 aliphatic carbocycles. The van der Waals surface area contributed by atoms with Crippen LogP contribution in [-0.2, 0) is 48.0 Å². The number of likely N-dealkylation sites (N-methyl/N-ethyl adjacent to an activating group) is 1. The Bertz CT molecular complexity index is 2020. The third kappa shape index (κ3) is 9.22. The smallest absolute Gasteiger partial charge is 0.293 e. The van der Waals surface area contributed by atoms with E-state index >= 15 is 0 Å². The molecule has 4 aromatic rings. The summed E-state index contributed by atoms with van der Waals surface area (Å²) in [5.74, 6) is -0.875. The molecule has 14 nitrogen and oxygen atoms in total. The Hall–Kier alpha value is -4.86. The molecular weight excluding hydrogens is 733 g/mol. The highest BCUT2D eigenvalue weighted by Gasteiger charge is 2.34. The number of nitrogens with zero attached hydrogens (tertiary/aromatic N) is 5. The van der Waals surface area contributed by atoms with Crippen LogP contribution in [0.5, 0.6) is 0 Å². The van der Waals surface area contributed by atoms with Crippen molar-refractivity contribution in [3.05, 3.63) is 52.8 Å². The van der Waals surface area contributed by atoms with Crippen molar-refractivity contribution in [3.8, 4) is 22.5 Å². The summed E-state index contributed by atoms with van der Waals surface area (Å²) in [7, 11) is 3.23. The zero-order valence-corrected chi connectivity index (χ0v) is 34.6. The van der Waals surface area contributed by atoms with Crippen LogP contribution in [-0.4, -0.2) is 95.1 Å². The second-order valence-electron chi connectivity index (χ2n) is 15.5. The third-order valence-corrected chi connectivity index (χ3v) is 11.3. The number of nitrogens with one attached hydrogen (secondary N) is 2. The van der Waals surface area contributed by atoms with E-state index in [9.17, 15) is 19.2 Å². The second-order valence-corrected chi connectivity index (χ2v) is 16.6. The number of hydrogen-bond donors (Lipinski definition) is 3. The van der Waals surface area contributed by atoms with Crippen LogP contribution in [0.4, 0.5) is 5.00 Å². The summed E-state index contributed by atoms with van der Waals surface area (Å²) >= 11 is 1.28. The highest BCUT2D eigenvalue weighted by atomic mass is 32.1. The number of pyridine rings is 1. The lowest BCUT2D eigenvalue weighted by molar-refractivity contribution is -0.142. The number of thiazole rings is 1. The van der Waals surface area contributed by atoms with Crippen molar-refractivity contribution < 1.29 is 28.7 Å². The van der Waals surface area contributed by atoms with Crippen molar-refractivity contribution in [2.24, 2.45) is 11.3 Å². The molecule has 0 saturated carbocycles. The molecule has 15 heteroatoms. The molecular formula is C41H56N8O6S. The Morgan fingerprint density at radius 1 is 1.18 bits per heavy atom. The molecule has 3 amide bonds. The molecule has 3 aromatic heterocycles. The summed E-state index contributed by atoms with van der Waals surface area (Å²) in [6.07, 6.45) is 4.63. The number of nitrogens with two attached hydrogens (primary N) is 1. The molecule has 3 atom stereocenters. The van der Waals surface area contributed by atoms with Crippen LogP contribution < -0.4 is 16.5 Å². The predicted octanol–water partition coefficient (Wildman–Crippen LogP) is 5.15. The lowest BCUT2D eigenvalue weighted by Gasteiger charge is -2.33. The van der Waals surface area contributed by atoms with Crippen molar-refractivity contribution in [1.29, 1.82) is 0 Å². The number of amides is 3. The predicted molar refractivity (Wildman–Crippen MR) is 218 cm³/mol. The highest BCUT2D eigenvalue weighted by molar-refractivity contribution is 7.16. The summed E-state index contributed by atoms with van der Waals surface area (Å²) in [5.41, 5.74) is 15.7. The topological polar surface area (TPSA) is 174 Å². The third-order valence-electron chi connectivity index (χ3n) is 10.4. The van der Waals surface area contributed by atoms with Gasteiger partial charge in [0.2, 0.25) is 12.3 Å². The zero-order valence-electron chi connectivity index (χ0n) is 33.8. The summed E-state index contributed by atoms with van der Waals surface area (Å²) in [6, 6.07) is 8.48. The summed E-state index contributed by atoms with van der Waals surface area (Å²) < 4.78 is 13.3. The van der Waals surface area contributed by atoms with Gasteiger partial charge in [0.1, 0.15) is 22.8 Å². The number of methoxy groups -OCH3 is 1. The van der Waals surface area contributed by atoms with Gasteiger partial charge in [-0.25, -0.2) is 10.4 Å². The van der Waals surface area contributed by atoms with E-state index in [-0.39, 0.29) is 31.0 Å². The van der Waals surface area contributed by atoms with E-state index in [1.165, 1.54) is 16.2 Å². The molecule has 1 aliphatic heterocycles. The highest BCUT2D eigenvalue weighted by Crippen LogP contribution is 2.42. The normalized spacial score (nSPS) is 15.1. The Labute approximate surface area is 333 Å². The molecule has 302 valence electrons. The van der Waals surface area contributed by atoms with Gasteiger partial charge in [0, 0.05) is 73.9 Å². The standard InChI is InChI=1S/C41H56N8O6S/c1-9-48-32-15-14-27(19-29(32)30(21-41(5,6)22-55-24-51)37(48)28-13-12-16-43-34(28)26(4)54-8)35-38(42)56-33(46-35)20-31(40(53)49-18-11-10-17-44-49)45-39(52)36(25(2)3)47(7)23-50/h12-16,19,23-26,31,36,44H,9-11,17-18,20-22,42H2,1-8H3,(H,45,52).